The first-order chi connectivity index (χ1) is 9.49. The number of aromatic amines is 1. The molecule has 0 aliphatic carbocycles. The minimum atomic E-state index is -0.948. The van der Waals surface area contributed by atoms with E-state index in [4.69, 9.17) is 5.11 Å². The number of aromatic nitrogens is 3. The van der Waals surface area contributed by atoms with Gasteiger partial charge in [-0.1, -0.05) is 23.9 Å². The molecule has 0 aliphatic heterocycles. The predicted octanol–water partition coefficient (Wildman–Crippen LogP) is 2.14. The fourth-order valence-electron chi connectivity index (χ4n) is 1.79. The number of carboxylic acids is 1. The zero-order valence-corrected chi connectivity index (χ0v) is 12.0. The van der Waals surface area contributed by atoms with Gasteiger partial charge in [0.15, 0.2) is 5.16 Å². The maximum atomic E-state index is 11.6. The molecule has 0 atom stereocenters. The summed E-state index contributed by atoms with van der Waals surface area (Å²) in [6, 6.07) is 6.76. The van der Waals surface area contributed by atoms with Gasteiger partial charge in [0.05, 0.1) is 5.56 Å². The van der Waals surface area contributed by atoms with Gasteiger partial charge in [-0.3, -0.25) is 4.57 Å². The van der Waals surface area contributed by atoms with Crippen LogP contribution >= 0.6 is 11.8 Å². The van der Waals surface area contributed by atoms with Crippen LogP contribution < -0.4 is 5.69 Å². The Balaban J connectivity index is 2.15. The van der Waals surface area contributed by atoms with Crippen molar-refractivity contribution in [3.05, 3.63) is 45.9 Å². The van der Waals surface area contributed by atoms with Crippen LogP contribution in [0.15, 0.2) is 34.2 Å². The van der Waals surface area contributed by atoms with E-state index in [2.05, 4.69) is 10.2 Å². The number of aromatic carboxylic acids is 1. The predicted molar refractivity (Wildman–Crippen MR) is 76.2 cm³/mol. The molecular formula is C13H15N3O3S. The van der Waals surface area contributed by atoms with E-state index in [1.165, 1.54) is 11.8 Å². The van der Waals surface area contributed by atoms with Crippen molar-refractivity contribution in [3.8, 4) is 0 Å². The lowest BCUT2D eigenvalue weighted by Gasteiger charge is -2.08. The van der Waals surface area contributed by atoms with Crippen LogP contribution in [0.4, 0.5) is 0 Å². The third-order valence-corrected chi connectivity index (χ3v) is 3.75. The molecule has 1 heterocycles. The highest BCUT2D eigenvalue weighted by molar-refractivity contribution is 7.98. The molecule has 106 valence electrons. The normalized spacial score (nSPS) is 10.9. The molecule has 2 rings (SSSR count). The van der Waals surface area contributed by atoms with E-state index in [-0.39, 0.29) is 17.3 Å². The molecule has 0 aliphatic rings. The van der Waals surface area contributed by atoms with Crippen LogP contribution in [0.25, 0.3) is 0 Å². The Morgan fingerprint density at radius 1 is 1.50 bits per heavy atom. The topological polar surface area (TPSA) is 88.0 Å². The van der Waals surface area contributed by atoms with E-state index in [1.54, 1.807) is 22.8 Å². The van der Waals surface area contributed by atoms with Crippen LogP contribution in [0, 0.1) is 0 Å². The molecule has 0 amide bonds. The van der Waals surface area contributed by atoms with E-state index in [0.29, 0.717) is 10.9 Å². The van der Waals surface area contributed by atoms with Crippen molar-refractivity contribution in [2.45, 2.75) is 30.8 Å². The zero-order valence-electron chi connectivity index (χ0n) is 11.2. The number of rotatable bonds is 5. The molecule has 6 nitrogen and oxygen atoms in total. The fraction of sp³-hybridized carbons (Fsp3) is 0.308. The van der Waals surface area contributed by atoms with E-state index in [0.717, 1.165) is 5.56 Å². The lowest BCUT2D eigenvalue weighted by Crippen LogP contribution is -2.19. The average molecular weight is 293 g/mol. The number of hydrogen-bond acceptors (Lipinski definition) is 4. The molecule has 0 bridgehead atoms. The third-order valence-electron chi connectivity index (χ3n) is 2.73. The summed E-state index contributed by atoms with van der Waals surface area (Å²) in [5.41, 5.74) is 0.897. The number of nitrogens with one attached hydrogen (secondary N) is 1. The Hall–Kier alpha value is -2.02. The first-order valence-electron chi connectivity index (χ1n) is 6.11. The first-order valence-corrected chi connectivity index (χ1v) is 7.09. The second-order valence-electron chi connectivity index (χ2n) is 4.57. The van der Waals surface area contributed by atoms with Crippen molar-refractivity contribution in [2.75, 3.05) is 0 Å². The molecule has 0 unspecified atom stereocenters. The molecule has 0 spiro atoms. The van der Waals surface area contributed by atoms with Gasteiger partial charge in [0.25, 0.3) is 0 Å². The Morgan fingerprint density at radius 3 is 2.90 bits per heavy atom. The second kappa shape index (κ2) is 5.96. The van der Waals surface area contributed by atoms with Crippen LogP contribution in [0.1, 0.15) is 35.8 Å². The van der Waals surface area contributed by atoms with E-state index >= 15 is 0 Å². The van der Waals surface area contributed by atoms with Gasteiger partial charge in [0.2, 0.25) is 0 Å². The lowest BCUT2D eigenvalue weighted by molar-refractivity contribution is 0.0697. The van der Waals surface area contributed by atoms with Crippen molar-refractivity contribution in [3.63, 3.8) is 0 Å². The summed E-state index contributed by atoms with van der Waals surface area (Å²) in [5.74, 6) is -0.395. The molecule has 2 aromatic rings. The van der Waals surface area contributed by atoms with Crippen LogP contribution in [-0.2, 0) is 5.75 Å². The van der Waals surface area contributed by atoms with Crippen molar-refractivity contribution in [1.82, 2.24) is 14.8 Å². The minimum absolute atomic E-state index is 0.0223. The summed E-state index contributed by atoms with van der Waals surface area (Å²) in [6.07, 6.45) is 0. The van der Waals surface area contributed by atoms with E-state index in [1.807, 2.05) is 19.9 Å². The smallest absolute Gasteiger partial charge is 0.344 e. The summed E-state index contributed by atoms with van der Waals surface area (Å²) in [4.78, 5) is 22.5. The van der Waals surface area contributed by atoms with Crippen LogP contribution in [-0.4, -0.2) is 25.8 Å². The largest absolute Gasteiger partial charge is 0.478 e. The molecule has 2 N–H and O–H groups in total. The quantitative estimate of drug-likeness (QED) is 0.825. The second-order valence-corrected chi connectivity index (χ2v) is 5.51. The van der Waals surface area contributed by atoms with Gasteiger partial charge in [-0.15, -0.1) is 5.10 Å². The Labute approximate surface area is 119 Å². The molecule has 0 radical (unpaired) electrons. The monoisotopic (exact) mass is 293 g/mol. The SMILES string of the molecule is CC(C)n1c(SCc2cccc(C(=O)O)c2)n[nH]c1=O. The minimum Gasteiger partial charge on any atom is -0.478 e. The van der Waals surface area contributed by atoms with Crippen molar-refractivity contribution < 1.29 is 9.90 Å². The van der Waals surface area contributed by atoms with Gasteiger partial charge in [-0.25, -0.2) is 14.7 Å². The van der Waals surface area contributed by atoms with Gasteiger partial charge in [-0.05, 0) is 31.5 Å². The molecule has 7 heteroatoms. The number of carbonyl (C=O) groups is 1. The van der Waals surface area contributed by atoms with Crippen LogP contribution in [0.2, 0.25) is 0 Å². The number of nitrogens with zero attached hydrogens (tertiary/aromatic N) is 2. The van der Waals surface area contributed by atoms with Gasteiger partial charge >= 0.3 is 11.7 Å². The highest BCUT2D eigenvalue weighted by Crippen LogP contribution is 2.22. The average Bonchev–Trinajstić information content (AvgIpc) is 2.78. The van der Waals surface area contributed by atoms with Crippen molar-refractivity contribution in [2.24, 2.45) is 0 Å². The summed E-state index contributed by atoms with van der Waals surface area (Å²) in [5, 5.41) is 16.0. The highest BCUT2D eigenvalue weighted by atomic mass is 32.2. The third kappa shape index (κ3) is 3.11. The fourth-order valence-corrected chi connectivity index (χ4v) is 2.81. The van der Waals surface area contributed by atoms with Gasteiger partial charge in [0.1, 0.15) is 0 Å². The summed E-state index contributed by atoms with van der Waals surface area (Å²) in [6.45, 7) is 3.82. The van der Waals surface area contributed by atoms with Gasteiger partial charge in [-0.2, -0.15) is 0 Å². The first kappa shape index (κ1) is 14.4. The maximum Gasteiger partial charge on any atom is 0.344 e. The molecule has 20 heavy (non-hydrogen) atoms. The number of carboxylic acid groups (broad SMARTS) is 1. The molecule has 1 aromatic carbocycles. The Kier molecular flexibility index (Phi) is 4.29. The number of H-pyrrole nitrogens is 1. The number of hydrogen-bond donors (Lipinski definition) is 2. The lowest BCUT2D eigenvalue weighted by atomic mass is 10.1. The zero-order chi connectivity index (χ0) is 14.7. The Morgan fingerprint density at radius 2 is 2.25 bits per heavy atom. The van der Waals surface area contributed by atoms with Crippen LogP contribution in [0.5, 0.6) is 0 Å². The molecule has 1 aromatic heterocycles. The van der Waals surface area contributed by atoms with Crippen molar-refractivity contribution >= 4 is 17.7 Å². The highest BCUT2D eigenvalue weighted by Gasteiger charge is 2.12. The van der Waals surface area contributed by atoms with Gasteiger partial charge < -0.3 is 5.11 Å². The molecule has 0 saturated carbocycles. The summed E-state index contributed by atoms with van der Waals surface area (Å²) >= 11 is 1.40. The summed E-state index contributed by atoms with van der Waals surface area (Å²) < 4.78 is 1.58. The van der Waals surface area contributed by atoms with E-state index in [9.17, 15) is 9.59 Å². The standard InChI is InChI=1S/C13H15N3O3S/c1-8(2)16-12(19)14-15-13(16)20-7-9-4-3-5-10(6-9)11(17)18/h3-6,8H,7H2,1-2H3,(H,14,19)(H,17,18). The van der Waals surface area contributed by atoms with Crippen LogP contribution in [0.3, 0.4) is 0 Å². The van der Waals surface area contributed by atoms with Crippen molar-refractivity contribution in [1.29, 1.82) is 0 Å². The van der Waals surface area contributed by atoms with E-state index < -0.39 is 5.97 Å². The summed E-state index contributed by atoms with van der Waals surface area (Å²) in [7, 11) is 0. The molecule has 0 fully saturated rings. The number of thioether (sulfide) groups is 1. The maximum absolute atomic E-state index is 11.6. The molecular weight excluding hydrogens is 278 g/mol. The molecule has 0 saturated heterocycles. The number of benzene rings is 1. The van der Waals surface area contributed by atoms with Gasteiger partial charge in [0, 0.05) is 11.8 Å². The Bertz CT molecular complexity index is 675.